The molecule has 0 aliphatic heterocycles. The molecule has 3 aromatic rings. The van der Waals surface area contributed by atoms with E-state index in [2.05, 4.69) is 5.32 Å². The lowest BCUT2D eigenvalue weighted by molar-refractivity contribution is -0.112. The van der Waals surface area contributed by atoms with E-state index in [0.717, 1.165) is 0 Å². The molecule has 0 spiro atoms. The molecule has 0 atom stereocenters. The van der Waals surface area contributed by atoms with E-state index < -0.39 is 16.0 Å². The maximum absolute atomic E-state index is 12.7. The molecule has 7 nitrogen and oxygen atoms in total. The molecule has 174 valence electrons. The van der Waals surface area contributed by atoms with Gasteiger partial charge in [0.15, 0.2) is 5.75 Å². The first-order valence-electron chi connectivity index (χ1n) is 9.88. The van der Waals surface area contributed by atoms with Crippen molar-refractivity contribution in [3.8, 4) is 17.6 Å². The van der Waals surface area contributed by atoms with Crippen LogP contribution in [0.3, 0.4) is 0 Å². The van der Waals surface area contributed by atoms with Gasteiger partial charge in [-0.3, -0.25) is 4.79 Å². The molecule has 0 radical (unpaired) electrons. The lowest BCUT2D eigenvalue weighted by atomic mass is 10.1. The van der Waals surface area contributed by atoms with E-state index in [9.17, 15) is 18.5 Å². The van der Waals surface area contributed by atoms with E-state index in [1.807, 2.05) is 6.07 Å². The molecule has 0 aliphatic carbocycles. The minimum Gasteiger partial charge on any atom is -0.490 e. The molecule has 0 heterocycles. The Labute approximate surface area is 207 Å². The van der Waals surface area contributed by atoms with Crippen molar-refractivity contribution < 1.29 is 22.1 Å². The number of rotatable bonds is 8. The summed E-state index contributed by atoms with van der Waals surface area (Å²) >= 11 is 12.4. The molecule has 0 unspecified atom stereocenters. The van der Waals surface area contributed by atoms with E-state index in [1.54, 1.807) is 49.4 Å². The summed E-state index contributed by atoms with van der Waals surface area (Å²) in [5.41, 5.74) is 0.436. The predicted molar refractivity (Wildman–Crippen MR) is 131 cm³/mol. The van der Waals surface area contributed by atoms with Crippen LogP contribution in [0.5, 0.6) is 11.5 Å². The second kappa shape index (κ2) is 11.1. The maximum Gasteiger partial charge on any atom is 0.339 e. The van der Waals surface area contributed by atoms with Crippen LogP contribution < -0.4 is 14.2 Å². The van der Waals surface area contributed by atoms with Crippen molar-refractivity contribution >= 4 is 51.0 Å². The third-order valence-corrected chi connectivity index (χ3v) is 6.20. The standard InChI is InChI=1S/C24H18Cl2N2O5S/c1-2-32-22-14-16(12-17(15-27)24(29)28-21-11-7-6-10-19(21)25)13-20(26)23(22)33-34(30,31)18-8-4-3-5-9-18/h3-14H,2H2,1H3,(H,28,29)/b17-12+. The van der Waals surface area contributed by atoms with Crippen LogP contribution in [0.1, 0.15) is 12.5 Å². The molecule has 3 aromatic carbocycles. The lowest BCUT2D eigenvalue weighted by Crippen LogP contribution is -2.13. The molecule has 34 heavy (non-hydrogen) atoms. The highest BCUT2D eigenvalue weighted by Crippen LogP contribution is 2.39. The van der Waals surface area contributed by atoms with Crippen molar-refractivity contribution in [1.82, 2.24) is 0 Å². The Morgan fingerprint density at radius 2 is 1.74 bits per heavy atom. The van der Waals surface area contributed by atoms with Crippen molar-refractivity contribution in [2.45, 2.75) is 11.8 Å². The number of nitriles is 1. The zero-order valence-corrected chi connectivity index (χ0v) is 20.1. The van der Waals surface area contributed by atoms with E-state index in [-0.39, 0.29) is 33.6 Å². The van der Waals surface area contributed by atoms with Gasteiger partial charge < -0.3 is 14.2 Å². The Balaban J connectivity index is 1.95. The number of carbonyl (C=O) groups is 1. The van der Waals surface area contributed by atoms with Gasteiger partial charge in [0.2, 0.25) is 5.75 Å². The van der Waals surface area contributed by atoms with Gasteiger partial charge in [0.25, 0.3) is 5.91 Å². The van der Waals surface area contributed by atoms with Gasteiger partial charge in [-0.2, -0.15) is 13.7 Å². The van der Waals surface area contributed by atoms with Crippen LogP contribution in [0.15, 0.2) is 77.2 Å². The molecule has 0 aromatic heterocycles. The second-order valence-corrected chi connectivity index (χ2v) is 9.08. The number of anilines is 1. The van der Waals surface area contributed by atoms with Crippen molar-refractivity contribution in [2.24, 2.45) is 0 Å². The fourth-order valence-corrected chi connectivity index (χ4v) is 4.29. The number of amides is 1. The third-order valence-electron chi connectivity index (χ3n) is 4.35. The topological polar surface area (TPSA) is 105 Å². The van der Waals surface area contributed by atoms with Crippen molar-refractivity contribution in [3.05, 3.63) is 87.9 Å². The molecule has 1 N–H and O–H groups in total. The summed E-state index contributed by atoms with van der Waals surface area (Å²) in [5, 5.41) is 12.3. The number of nitrogens with zero attached hydrogens (tertiary/aromatic N) is 1. The fraction of sp³-hybridized carbons (Fsp3) is 0.0833. The molecule has 0 saturated heterocycles. The zero-order chi connectivity index (χ0) is 24.7. The van der Waals surface area contributed by atoms with E-state index in [0.29, 0.717) is 16.3 Å². The third kappa shape index (κ3) is 6.08. The van der Waals surface area contributed by atoms with Crippen LogP contribution in [-0.4, -0.2) is 20.9 Å². The van der Waals surface area contributed by atoms with Gasteiger partial charge in [-0.25, -0.2) is 0 Å². The van der Waals surface area contributed by atoms with Crippen LogP contribution in [0, 0.1) is 11.3 Å². The molecule has 0 bridgehead atoms. The van der Waals surface area contributed by atoms with Crippen LogP contribution >= 0.6 is 23.2 Å². The average molecular weight is 517 g/mol. The average Bonchev–Trinajstić information content (AvgIpc) is 2.82. The SMILES string of the molecule is CCOc1cc(/C=C(\C#N)C(=O)Nc2ccccc2Cl)cc(Cl)c1OS(=O)(=O)c1ccccc1. The number of halogens is 2. The van der Waals surface area contributed by atoms with E-state index in [4.69, 9.17) is 32.1 Å². The van der Waals surface area contributed by atoms with Crippen LogP contribution in [0.4, 0.5) is 5.69 Å². The number of benzene rings is 3. The summed E-state index contributed by atoms with van der Waals surface area (Å²) in [6.45, 7) is 1.88. The quantitative estimate of drug-likeness (QED) is 0.233. The summed E-state index contributed by atoms with van der Waals surface area (Å²) in [5.74, 6) is -0.857. The smallest absolute Gasteiger partial charge is 0.339 e. The number of hydrogen-bond donors (Lipinski definition) is 1. The number of para-hydroxylation sites is 1. The zero-order valence-electron chi connectivity index (χ0n) is 17.8. The predicted octanol–water partition coefficient (Wildman–Crippen LogP) is 5.71. The van der Waals surface area contributed by atoms with Gasteiger partial charge in [0, 0.05) is 0 Å². The number of carbonyl (C=O) groups excluding carboxylic acids is 1. The van der Waals surface area contributed by atoms with Crippen molar-refractivity contribution in [1.29, 1.82) is 5.26 Å². The highest BCUT2D eigenvalue weighted by atomic mass is 35.5. The van der Waals surface area contributed by atoms with Gasteiger partial charge in [-0.1, -0.05) is 53.5 Å². The number of nitrogens with one attached hydrogen (secondary N) is 1. The van der Waals surface area contributed by atoms with E-state index >= 15 is 0 Å². The van der Waals surface area contributed by atoms with Crippen LogP contribution in [-0.2, 0) is 14.9 Å². The number of ether oxygens (including phenoxy) is 1. The lowest BCUT2D eigenvalue weighted by Gasteiger charge is -2.14. The molecular formula is C24H18Cl2N2O5S. The molecule has 0 fully saturated rings. The molecule has 3 rings (SSSR count). The largest absolute Gasteiger partial charge is 0.490 e. The summed E-state index contributed by atoms with van der Waals surface area (Å²) in [7, 11) is -4.18. The molecule has 10 heteroatoms. The second-order valence-electron chi connectivity index (χ2n) is 6.72. The minimum absolute atomic E-state index is 0.0320. The van der Waals surface area contributed by atoms with Gasteiger partial charge >= 0.3 is 10.1 Å². The summed E-state index contributed by atoms with van der Waals surface area (Å²) in [4.78, 5) is 12.5. The first-order valence-corrected chi connectivity index (χ1v) is 12.0. The van der Waals surface area contributed by atoms with Gasteiger partial charge in [0.1, 0.15) is 16.5 Å². The Hall–Kier alpha value is -3.51. The van der Waals surface area contributed by atoms with Gasteiger partial charge in [-0.05, 0) is 55.0 Å². The Bertz CT molecular complexity index is 1380. The first-order chi connectivity index (χ1) is 16.2. The normalized spacial score (nSPS) is 11.4. The van der Waals surface area contributed by atoms with Gasteiger partial charge in [-0.15, -0.1) is 0 Å². The van der Waals surface area contributed by atoms with E-state index in [1.165, 1.54) is 30.3 Å². The van der Waals surface area contributed by atoms with Gasteiger partial charge in [0.05, 0.1) is 22.3 Å². The van der Waals surface area contributed by atoms with Crippen LogP contribution in [0.2, 0.25) is 10.0 Å². The Kier molecular flexibility index (Phi) is 8.18. The van der Waals surface area contributed by atoms with Crippen molar-refractivity contribution in [2.75, 3.05) is 11.9 Å². The highest BCUT2D eigenvalue weighted by Gasteiger charge is 2.22. The van der Waals surface area contributed by atoms with Crippen LogP contribution in [0.25, 0.3) is 6.08 Å². The summed E-state index contributed by atoms with van der Waals surface area (Å²) in [6.07, 6.45) is 1.29. The molecule has 0 aliphatic rings. The molecule has 0 saturated carbocycles. The summed E-state index contributed by atoms with van der Waals surface area (Å²) < 4.78 is 36.1. The highest BCUT2D eigenvalue weighted by molar-refractivity contribution is 7.87. The minimum atomic E-state index is -4.18. The maximum atomic E-state index is 12.7. The molecular weight excluding hydrogens is 499 g/mol. The monoisotopic (exact) mass is 516 g/mol. The summed E-state index contributed by atoms with van der Waals surface area (Å²) in [6, 6.07) is 18.8. The fourth-order valence-electron chi connectivity index (χ4n) is 2.83. The first kappa shape index (κ1) is 25.1. The van der Waals surface area contributed by atoms with Crippen molar-refractivity contribution in [3.63, 3.8) is 0 Å². The Morgan fingerprint density at radius 1 is 1.06 bits per heavy atom. The molecule has 1 amide bonds. The Morgan fingerprint density at radius 3 is 2.38 bits per heavy atom. The number of hydrogen-bond acceptors (Lipinski definition) is 6.